The van der Waals surface area contributed by atoms with Crippen molar-refractivity contribution in [1.82, 2.24) is 14.8 Å². The van der Waals surface area contributed by atoms with Crippen LogP contribution in [0.3, 0.4) is 0 Å². The summed E-state index contributed by atoms with van der Waals surface area (Å²) in [5.41, 5.74) is 3.30. The highest BCUT2D eigenvalue weighted by atomic mass is 16.5. The summed E-state index contributed by atoms with van der Waals surface area (Å²) in [6, 6.07) is 22.0. The van der Waals surface area contributed by atoms with E-state index in [-0.39, 0.29) is 12.1 Å². The van der Waals surface area contributed by atoms with Gasteiger partial charge in [-0.15, -0.1) is 0 Å². The molecular weight excluding hydrogens is 350 g/mol. The van der Waals surface area contributed by atoms with Crippen molar-refractivity contribution in [3.8, 4) is 5.75 Å². The standard InChI is InChI=1S/C23H25N3O2/c1-2-28-20-12-10-19(11-13-20)22-21-9-6-14-25(21)15-16-26(22)23(27)24-17-18-7-4-3-5-8-18/h3-14,22H,2,15-17H2,1H3,(H,24,27)/t22-/m1/s1. The number of amides is 2. The SMILES string of the molecule is CCOc1ccc([C@@H]2c3cccn3CCN2C(=O)NCc2ccccc2)cc1. The van der Waals surface area contributed by atoms with Crippen LogP contribution in [-0.4, -0.2) is 28.6 Å². The molecule has 1 aromatic heterocycles. The monoisotopic (exact) mass is 375 g/mol. The molecule has 144 valence electrons. The summed E-state index contributed by atoms with van der Waals surface area (Å²) in [4.78, 5) is 15.0. The highest BCUT2D eigenvalue weighted by molar-refractivity contribution is 5.75. The van der Waals surface area contributed by atoms with E-state index in [1.807, 2.05) is 60.4 Å². The summed E-state index contributed by atoms with van der Waals surface area (Å²) in [6.45, 7) is 4.60. The molecule has 5 nitrogen and oxygen atoms in total. The van der Waals surface area contributed by atoms with Crippen LogP contribution in [0, 0.1) is 0 Å². The van der Waals surface area contributed by atoms with Crippen molar-refractivity contribution in [2.24, 2.45) is 0 Å². The second kappa shape index (κ2) is 8.21. The molecule has 0 saturated heterocycles. The van der Waals surface area contributed by atoms with Gasteiger partial charge in [-0.05, 0) is 42.3 Å². The molecule has 1 aliphatic rings. The topological polar surface area (TPSA) is 46.5 Å². The van der Waals surface area contributed by atoms with Crippen LogP contribution in [0.15, 0.2) is 72.9 Å². The Balaban J connectivity index is 1.57. The van der Waals surface area contributed by atoms with E-state index in [0.717, 1.165) is 29.1 Å². The Morgan fingerprint density at radius 1 is 1.04 bits per heavy atom. The zero-order valence-electron chi connectivity index (χ0n) is 16.0. The fourth-order valence-corrected chi connectivity index (χ4v) is 3.74. The Morgan fingerprint density at radius 3 is 2.57 bits per heavy atom. The van der Waals surface area contributed by atoms with Crippen molar-refractivity contribution in [1.29, 1.82) is 0 Å². The zero-order chi connectivity index (χ0) is 19.3. The van der Waals surface area contributed by atoms with Crippen molar-refractivity contribution < 1.29 is 9.53 Å². The van der Waals surface area contributed by atoms with Crippen LogP contribution in [0.5, 0.6) is 5.75 Å². The lowest BCUT2D eigenvalue weighted by atomic mass is 10.00. The number of ether oxygens (including phenoxy) is 1. The van der Waals surface area contributed by atoms with Gasteiger partial charge in [0.15, 0.2) is 0 Å². The largest absolute Gasteiger partial charge is 0.494 e. The van der Waals surface area contributed by atoms with E-state index in [1.54, 1.807) is 0 Å². The average molecular weight is 375 g/mol. The maximum absolute atomic E-state index is 13.0. The molecule has 2 heterocycles. The number of carbonyl (C=O) groups excluding carboxylic acids is 1. The lowest BCUT2D eigenvalue weighted by Crippen LogP contribution is -2.47. The molecule has 0 bridgehead atoms. The van der Waals surface area contributed by atoms with Gasteiger partial charge in [0.05, 0.1) is 12.6 Å². The van der Waals surface area contributed by atoms with E-state index in [1.165, 1.54) is 0 Å². The molecule has 0 aliphatic carbocycles. The first-order chi connectivity index (χ1) is 13.8. The second-order valence-electron chi connectivity index (χ2n) is 6.87. The summed E-state index contributed by atoms with van der Waals surface area (Å²) >= 11 is 0. The lowest BCUT2D eigenvalue weighted by molar-refractivity contribution is 0.168. The fourth-order valence-electron chi connectivity index (χ4n) is 3.74. The van der Waals surface area contributed by atoms with Gasteiger partial charge < -0.3 is 19.5 Å². The number of aromatic nitrogens is 1. The molecule has 0 radical (unpaired) electrons. The lowest BCUT2D eigenvalue weighted by Gasteiger charge is -2.37. The molecule has 1 N–H and O–H groups in total. The predicted molar refractivity (Wildman–Crippen MR) is 109 cm³/mol. The molecule has 0 saturated carbocycles. The van der Waals surface area contributed by atoms with Gasteiger partial charge in [0, 0.05) is 31.5 Å². The number of benzene rings is 2. The summed E-state index contributed by atoms with van der Waals surface area (Å²) in [7, 11) is 0. The highest BCUT2D eigenvalue weighted by Gasteiger charge is 2.32. The van der Waals surface area contributed by atoms with Crippen LogP contribution in [0.1, 0.15) is 29.8 Å². The van der Waals surface area contributed by atoms with Gasteiger partial charge in [0.1, 0.15) is 5.75 Å². The maximum atomic E-state index is 13.0. The maximum Gasteiger partial charge on any atom is 0.318 e. The Morgan fingerprint density at radius 2 is 1.82 bits per heavy atom. The molecule has 4 rings (SSSR count). The van der Waals surface area contributed by atoms with Gasteiger partial charge in [-0.25, -0.2) is 4.79 Å². The van der Waals surface area contributed by atoms with Crippen molar-refractivity contribution in [2.45, 2.75) is 26.1 Å². The minimum absolute atomic E-state index is 0.0461. The van der Waals surface area contributed by atoms with Crippen LogP contribution in [0.25, 0.3) is 0 Å². The molecule has 1 atom stereocenters. The van der Waals surface area contributed by atoms with E-state index in [0.29, 0.717) is 19.7 Å². The summed E-state index contributed by atoms with van der Waals surface area (Å²) < 4.78 is 7.79. The predicted octanol–water partition coefficient (Wildman–Crippen LogP) is 4.20. The van der Waals surface area contributed by atoms with Crippen LogP contribution >= 0.6 is 0 Å². The molecule has 28 heavy (non-hydrogen) atoms. The van der Waals surface area contributed by atoms with Crippen LogP contribution < -0.4 is 10.1 Å². The second-order valence-corrected chi connectivity index (χ2v) is 6.87. The smallest absolute Gasteiger partial charge is 0.318 e. The first-order valence-corrected chi connectivity index (χ1v) is 9.72. The average Bonchev–Trinajstić information content (AvgIpc) is 3.22. The molecular formula is C23H25N3O2. The minimum Gasteiger partial charge on any atom is -0.494 e. The van der Waals surface area contributed by atoms with Crippen molar-refractivity contribution in [2.75, 3.05) is 13.2 Å². The third-order valence-electron chi connectivity index (χ3n) is 5.09. The number of carbonyl (C=O) groups is 1. The molecule has 0 unspecified atom stereocenters. The number of rotatable bonds is 5. The van der Waals surface area contributed by atoms with Crippen LogP contribution in [0.4, 0.5) is 4.79 Å². The summed E-state index contributed by atoms with van der Waals surface area (Å²) in [6.07, 6.45) is 2.08. The molecule has 5 heteroatoms. The number of hydrogen-bond acceptors (Lipinski definition) is 2. The van der Waals surface area contributed by atoms with Gasteiger partial charge in [-0.3, -0.25) is 0 Å². The van der Waals surface area contributed by atoms with Crippen LogP contribution in [-0.2, 0) is 13.1 Å². The van der Waals surface area contributed by atoms with Crippen molar-refractivity contribution in [3.63, 3.8) is 0 Å². The van der Waals surface area contributed by atoms with Gasteiger partial charge in [-0.1, -0.05) is 42.5 Å². The molecule has 0 fully saturated rings. The van der Waals surface area contributed by atoms with Gasteiger partial charge in [-0.2, -0.15) is 0 Å². The van der Waals surface area contributed by atoms with Crippen LogP contribution in [0.2, 0.25) is 0 Å². The third kappa shape index (κ3) is 3.74. The van der Waals surface area contributed by atoms with Gasteiger partial charge >= 0.3 is 6.03 Å². The number of hydrogen-bond donors (Lipinski definition) is 1. The van der Waals surface area contributed by atoms with E-state index in [4.69, 9.17) is 4.74 Å². The Labute approximate surface area is 165 Å². The first kappa shape index (κ1) is 18.2. The molecule has 0 spiro atoms. The summed E-state index contributed by atoms with van der Waals surface area (Å²) in [5, 5.41) is 3.08. The number of fused-ring (bicyclic) bond motifs is 1. The Kier molecular flexibility index (Phi) is 5.33. The highest BCUT2D eigenvalue weighted by Crippen LogP contribution is 2.33. The van der Waals surface area contributed by atoms with E-state index in [2.05, 4.69) is 34.3 Å². The third-order valence-corrected chi connectivity index (χ3v) is 5.09. The Bertz CT molecular complexity index is 919. The van der Waals surface area contributed by atoms with E-state index in [9.17, 15) is 4.79 Å². The van der Waals surface area contributed by atoms with E-state index < -0.39 is 0 Å². The summed E-state index contributed by atoms with van der Waals surface area (Å²) in [5.74, 6) is 0.845. The van der Waals surface area contributed by atoms with Crippen molar-refractivity contribution >= 4 is 6.03 Å². The molecule has 3 aromatic rings. The number of nitrogens with zero attached hydrogens (tertiary/aromatic N) is 2. The first-order valence-electron chi connectivity index (χ1n) is 9.72. The molecule has 1 aliphatic heterocycles. The van der Waals surface area contributed by atoms with Gasteiger partial charge in [0.2, 0.25) is 0 Å². The number of nitrogens with one attached hydrogen (secondary N) is 1. The van der Waals surface area contributed by atoms with Gasteiger partial charge in [0.25, 0.3) is 0 Å². The zero-order valence-corrected chi connectivity index (χ0v) is 16.0. The van der Waals surface area contributed by atoms with E-state index >= 15 is 0 Å². The normalized spacial score (nSPS) is 15.8. The number of urea groups is 1. The van der Waals surface area contributed by atoms with Crippen molar-refractivity contribution in [3.05, 3.63) is 89.7 Å². The quantitative estimate of drug-likeness (QED) is 0.726. The molecule has 2 aromatic carbocycles. The molecule has 2 amide bonds. The fraction of sp³-hybridized carbons (Fsp3) is 0.261. The Hall–Kier alpha value is -3.21. The minimum atomic E-state index is -0.116.